The summed E-state index contributed by atoms with van der Waals surface area (Å²) in [5.41, 5.74) is -0.926. The summed E-state index contributed by atoms with van der Waals surface area (Å²) in [7, 11) is 0. The van der Waals surface area contributed by atoms with Gasteiger partial charge < -0.3 is 16.0 Å². The molecule has 0 aliphatic carbocycles. The molecule has 1 heterocycles. The topological polar surface area (TPSA) is 53.2 Å². The molecule has 0 spiro atoms. The molecule has 1 aromatic rings. The average molecular weight is 308 g/mol. The molecule has 1 fully saturated rings. The minimum absolute atomic E-state index is 0.0282. The number of hydrogen-bond acceptors (Lipinski definition) is 2. The third-order valence-electron chi connectivity index (χ3n) is 2.94. The standard InChI is InChI=1S/C12H13ClF3N3O/c13-9-2-1-7(12(14,15)16)5-10(9)19-11(20)18-8-3-4-17-6-8/h1-2,5,8,17H,3-4,6H2,(H2,18,19,20)/t8-/m0/s1. The van der Waals surface area contributed by atoms with Crippen LogP contribution in [0.4, 0.5) is 23.7 Å². The van der Waals surface area contributed by atoms with Gasteiger partial charge in [-0.05, 0) is 31.2 Å². The molecule has 1 aliphatic heterocycles. The van der Waals surface area contributed by atoms with Gasteiger partial charge in [-0.25, -0.2) is 4.79 Å². The van der Waals surface area contributed by atoms with Crippen molar-refractivity contribution in [3.63, 3.8) is 0 Å². The van der Waals surface area contributed by atoms with Crippen LogP contribution < -0.4 is 16.0 Å². The lowest BCUT2D eigenvalue weighted by Gasteiger charge is -2.14. The summed E-state index contributed by atoms with van der Waals surface area (Å²) in [4.78, 5) is 11.7. The van der Waals surface area contributed by atoms with Crippen LogP contribution >= 0.6 is 11.6 Å². The van der Waals surface area contributed by atoms with Crippen molar-refractivity contribution < 1.29 is 18.0 Å². The van der Waals surface area contributed by atoms with Crippen LogP contribution in [0.3, 0.4) is 0 Å². The first-order chi connectivity index (χ1) is 9.36. The van der Waals surface area contributed by atoms with Gasteiger partial charge >= 0.3 is 12.2 Å². The van der Waals surface area contributed by atoms with Crippen LogP contribution in [0.25, 0.3) is 0 Å². The summed E-state index contributed by atoms with van der Waals surface area (Å²) in [6, 6.07) is 2.19. The number of amides is 2. The van der Waals surface area contributed by atoms with E-state index in [0.717, 1.165) is 31.2 Å². The van der Waals surface area contributed by atoms with Crippen LogP contribution in [0.5, 0.6) is 0 Å². The van der Waals surface area contributed by atoms with E-state index in [1.54, 1.807) is 0 Å². The normalized spacial score (nSPS) is 18.9. The molecule has 0 saturated carbocycles. The third kappa shape index (κ3) is 3.77. The summed E-state index contributed by atoms with van der Waals surface area (Å²) in [6.07, 6.45) is -3.70. The highest BCUT2D eigenvalue weighted by Crippen LogP contribution is 2.33. The Bertz CT molecular complexity index is 501. The molecule has 0 radical (unpaired) electrons. The van der Waals surface area contributed by atoms with E-state index in [1.165, 1.54) is 0 Å². The van der Waals surface area contributed by atoms with E-state index >= 15 is 0 Å². The summed E-state index contributed by atoms with van der Waals surface area (Å²) in [5, 5.41) is 8.12. The van der Waals surface area contributed by atoms with Crippen molar-refractivity contribution in [1.82, 2.24) is 10.6 Å². The number of hydrogen-bond donors (Lipinski definition) is 3. The molecule has 0 aromatic heterocycles. The van der Waals surface area contributed by atoms with Crippen molar-refractivity contribution in [3.8, 4) is 0 Å². The second kappa shape index (κ2) is 5.88. The van der Waals surface area contributed by atoms with Gasteiger partial charge in [0.1, 0.15) is 0 Å². The van der Waals surface area contributed by atoms with Gasteiger partial charge in [-0.2, -0.15) is 13.2 Å². The molecule has 20 heavy (non-hydrogen) atoms. The number of alkyl halides is 3. The van der Waals surface area contributed by atoms with Gasteiger partial charge in [0.05, 0.1) is 16.3 Å². The quantitative estimate of drug-likeness (QED) is 0.787. The smallest absolute Gasteiger partial charge is 0.334 e. The van der Waals surface area contributed by atoms with Crippen LogP contribution in [0, 0.1) is 0 Å². The SMILES string of the molecule is O=C(Nc1cc(C(F)(F)F)ccc1Cl)N[C@H]1CCNC1. The number of benzene rings is 1. The molecule has 0 bridgehead atoms. The molecule has 8 heteroatoms. The number of anilines is 1. The van der Waals surface area contributed by atoms with Crippen molar-refractivity contribution in [2.24, 2.45) is 0 Å². The fourth-order valence-corrected chi connectivity index (χ4v) is 2.08. The molecule has 2 rings (SSSR count). The van der Waals surface area contributed by atoms with Crippen molar-refractivity contribution in [3.05, 3.63) is 28.8 Å². The summed E-state index contributed by atoms with van der Waals surface area (Å²) >= 11 is 5.78. The monoisotopic (exact) mass is 307 g/mol. The van der Waals surface area contributed by atoms with Crippen molar-refractivity contribution in [2.75, 3.05) is 18.4 Å². The molecule has 1 atom stereocenters. The van der Waals surface area contributed by atoms with Crippen LogP contribution in [0.2, 0.25) is 5.02 Å². The number of urea groups is 1. The molecule has 2 amide bonds. The fraction of sp³-hybridized carbons (Fsp3) is 0.417. The zero-order valence-corrected chi connectivity index (χ0v) is 11.1. The van der Waals surface area contributed by atoms with Crippen LogP contribution in [0.15, 0.2) is 18.2 Å². The Morgan fingerprint density at radius 3 is 2.75 bits per heavy atom. The fourth-order valence-electron chi connectivity index (χ4n) is 1.92. The second-order valence-electron chi connectivity index (χ2n) is 4.48. The lowest BCUT2D eigenvalue weighted by atomic mass is 10.2. The highest BCUT2D eigenvalue weighted by molar-refractivity contribution is 6.33. The molecular formula is C12H13ClF3N3O. The summed E-state index contributed by atoms with van der Waals surface area (Å²) < 4.78 is 37.8. The van der Waals surface area contributed by atoms with Crippen LogP contribution in [-0.4, -0.2) is 25.2 Å². The van der Waals surface area contributed by atoms with E-state index < -0.39 is 17.8 Å². The summed E-state index contributed by atoms with van der Waals surface area (Å²) in [6.45, 7) is 1.44. The van der Waals surface area contributed by atoms with Crippen molar-refractivity contribution in [2.45, 2.75) is 18.6 Å². The Morgan fingerprint density at radius 2 is 2.15 bits per heavy atom. The zero-order valence-electron chi connectivity index (χ0n) is 10.4. The highest BCUT2D eigenvalue weighted by Gasteiger charge is 2.31. The maximum atomic E-state index is 12.6. The first kappa shape index (κ1) is 14.9. The molecule has 4 nitrogen and oxygen atoms in total. The van der Waals surface area contributed by atoms with Crippen molar-refractivity contribution >= 4 is 23.3 Å². The summed E-state index contributed by atoms with van der Waals surface area (Å²) in [5.74, 6) is 0. The second-order valence-corrected chi connectivity index (χ2v) is 4.89. The van der Waals surface area contributed by atoms with Gasteiger partial charge in [0, 0.05) is 12.6 Å². The number of nitrogens with one attached hydrogen (secondary N) is 3. The van der Waals surface area contributed by atoms with Gasteiger partial charge in [-0.15, -0.1) is 0 Å². The van der Waals surface area contributed by atoms with Gasteiger partial charge in [0.2, 0.25) is 0 Å². The van der Waals surface area contributed by atoms with Gasteiger partial charge in [-0.1, -0.05) is 11.6 Å². The van der Waals surface area contributed by atoms with E-state index in [0.29, 0.717) is 6.54 Å². The van der Waals surface area contributed by atoms with Gasteiger partial charge in [0.15, 0.2) is 0 Å². The molecule has 1 saturated heterocycles. The zero-order chi connectivity index (χ0) is 14.8. The van der Waals surface area contributed by atoms with Crippen LogP contribution in [-0.2, 0) is 6.18 Å². The van der Waals surface area contributed by atoms with E-state index in [2.05, 4.69) is 16.0 Å². The average Bonchev–Trinajstić information content (AvgIpc) is 2.83. The number of halogens is 4. The first-order valence-electron chi connectivity index (χ1n) is 6.01. The Kier molecular flexibility index (Phi) is 4.39. The van der Waals surface area contributed by atoms with Crippen LogP contribution in [0.1, 0.15) is 12.0 Å². The predicted octanol–water partition coefficient (Wildman–Crippen LogP) is 2.84. The predicted molar refractivity (Wildman–Crippen MR) is 69.9 cm³/mol. The molecule has 0 unspecified atom stereocenters. The van der Waals surface area contributed by atoms with Gasteiger partial charge in [-0.3, -0.25) is 0 Å². The largest absolute Gasteiger partial charge is 0.416 e. The minimum atomic E-state index is -4.48. The number of carbonyl (C=O) groups excluding carboxylic acids is 1. The van der Waals surface area contributed by atoms with E-state index in [-0.39, 0.29) is 16.8 Å². The van der Waals surface area contributed by atoms with E-state index in [4.69, 9.17) is 11.6 Å². The molecule has 3 N–H and O–H groups in total. The number of carbonyl (C=O) groups is 1. The molecule has 110 valence electrons. The first-order valence-corrected chi connectivity index (χ1v) is 6.39. The molecule has 1 aromatic carbocycles. The van der Waals surface area contributed by atoms with Gasteiger partial charge in [0.25, 0.3) is 0 Å². The number of rotatable bonds is 2. The molecular weight excluding hydrogens is 295 g/mol. The lowest BCUT2D eigenvalue weighted by molar-refractivity contribution is -0.137. The highest BCUT2D eigenvalue weighted by atomic mass is 35.5. The Morgan fingerprint density at radius 1 is 1.40 bits per heavy atom. The van der Waals surface area contributed by atoms with Crippen molar-refractivity contribution in [1.29, 1.82) is 0 Å². The maximum Gasteiger partial charge on any atom is 0.416 e. The lowest BCUT2D eigenvalue weighted by Crippen LogP contribution is -2.39. The maximum absolute atomic E-state index is 12.6. The van der Waals surface area contributed by atoms with E-state index in [9.17, 15) is 18.0 Å². The Labute approximate surface area is 118 Å². The Balaban J connectivity index is 2.06. The molecule has 1 aliphatic rings. The van der Waals surface area contributed by atoms with E-state index in [1.807, 2.05) is 0 Å². The third-order valence-corrected chi connectivity index (χ3v) is 3.27. The minimum Gasteiger partial charge on any atom is -0.334 e. The Hall–Kier alpha value is -1.47.